The Kier molecular flexibility index (Phi) is 2.97. The van der Waals surface area contributed by atoms with Gasteiger partial charge in [0.1, 0.15) is 12.1 Å². The Labute approximate surface area is 97.9 Å². The summed E-state index contributed by atoms with van der Waals surface area (Å²) in [5.41, 5.74) is 1.78. The van der Waals surface area contributed by atoms with Gasteiger partial charge in [-0.25, -0.2) is 4.39 Å². The van der Waals surface area contributed by atoms with Crippen LogP contribution >= 0.6 is 0 Å². The second kappa shape index (κ2) is 4.58. The minimum atomic E-state index is -0.410. The van der Waals surface area contributed by atoms with E-state index in [-0.39, 0.29) is 0 Å². The summed E-state index contributed by atoms with van der Waals surface area (Å²) >= 11 is 0. The van der Waals surface area contributed by atoms with E-state index in [1.54, 1.807) is 24.3 Å². The van der Waals surface area contributed by atoms with E-state index in [0.29, 0.717) is 28.5 Å². The third-order valence-electron chi connectivity index (χ3n) is 2.43. The standard InChI is InChI=1S/C14H8FNO/c15-14-5-4-10(8-16)7-13(14)12-3-1-2-11(6-12)9-17/h1-7,9H. The highest BCUT2D eigenvalue weighted by Gasteiger charge is 2.06. The summed E-state index contributed by atoms with van der Waals surface area (Å²) in [5, 5.41) is 8.77. The van der Waals surface area contributed by atoms with E-state index in [1.165, 1.54) is 18.2 Å². The maximum absolute atomic E-state index is 13.6. The highest BCUT2D eigenvalue weighted by molar-refractivity contribution is 5.79. The van der Waals surface area contributed by atoms with Gasteiger partial charge in [0.15, 0.2) is 0 Å². The first kappa shape index (κ1) is 11.0. The Morgan fingerprint density at radius 1 is 1.18 bits per heavy atom. The van der Waals surface area contributed by atoms with E-state index in [1.807, 2.05) is 6.07 Å². The first-order valence-corrected chi connectivity index (χ1v) is 5.00. The van der Waals surface area contributed by atoms with Gasteiger partial charge in [-0.2, -0.15) is 5.26 Å². The Morgan fingerprint density at radius 2 is 2.00 bits per heavy atom. The molecule has 82 valence electrons. The molecule has 0 radical (unpaired) electrons. The summed E-state index contributed by atoms with van der Waals surface area (Å²) in [4.78, 5) is 10.7. The topological polar surface area (TPSA) is 40.9 Å². The molecule has 0 atom stereocenters. The number of hydrogen-bond donors (Lipinski definition) is 0. The van der Waals surface area contributed by atoms with Crippen LogP contribution in [0.25, 0.3) is 11.1 Å². The summed E-state index contributed by atoms with van der Waals surface area (Å²) < 4.78 is 13.6. The first-order valence-electron chi connectivity index (χ1n) is 5.00. The lowest BCUT2D eigenvalue weighted by molar-refractivity contribution is 0.112. The molecule has 0 aliphatic rings. The smallest absolute Gasteiger partial charge is 0.150 e. The summed E-state index contributed by atoms with van der Waals surface area (Å²) in [6.07, 6.45) is 0.704. The van der Waals surface area contributed by atoms with Gasteiger partial charge in [-0.05, 0) is 29.8 Å². The van der Waals surface area contributed by atoms with Crippen LogP contribution < -0.4 is 0 Å². The maximum Gasteiger partial charge on any atom is 0.150 e. The van der Waals surface area contributed by atoms with E-state index in [2.05, 4.69) is 0 Å². The van der Waals surface area contributed by atoms with Crippen LogP contribution in [-0.2, 0) is 0 Å². The third kappa shape index (κ3) is 2.21. The number of halogens is 1. The van der Waals surface area contributed by atoms with Gasteiger partial charge in [0.25, 0.3) is 0 Å². The highest BCUT2D eigenvalue weighted by Crippen LogP contribution is 2.24. The van der Waals surface area contributed by atoms with Crippen molar-refractivity contribution in [2.24, 2.45) is 0 Å². The summed E-state index contributed by atoms with van der Waals surface area (Å²) in [6, 6.07) is 12.7. The second-order valence-corrected chi connectivity index (χ2v) is 3.55. The molecule has 2 aromatic carbocycles. The van der Waals surface area contributed by atoms with Crippen LogP contribution in [0.1, 0.15) is 15.9 Å². The van der Waals surface area contributed by atoms with Gasteiger partial charge in [-0.1, -0.05) is 18.2 Å². The molecule has 0 N–H and O–H groups in total. The zero-order valence-electron chi connectivity index (χ0n) is 8.85. The molecule has 0 saturated heterocycles. The monoisotopic (exact) mass is 225 g/mol. The van der Waals surface area contributed by atoms with E-state index >= 15 is 0 Å². The van der Waals surface area contributed by atoms with Crippen molar-refractivity contribution in [3.05, 3.63) is 59.4 Å². The number of nitrogens with zero attached hydrogens (tertiary/aromatic N) is 1. The molecule has 17 heavy (non-hydrogen) atoms. The quantitative estimate of drug-likeness (QED) is 0.736. The van der Waals surface area contributed by atoms with Gasteiger partial charge in [0, 0.05) is 11.1 Å². The molecule has 0 aliphatic carbocycles. The molecule has 0 aromatic heterocycles. The summed E-state index contributed by atoms with van der Waals surface area (Å²) in [7, 11) is 0. The lowest BCUT2D eigenvalue weighted by atomic mass is 10.0. The third-order valence-corrected chi connectivity index (χ3v) is 2.43. The van der Waals surface area contributed by atoms with Gasteiger partial charge < -0.3 is 0 Å². The molecule has 0 fully saturated rings. The van der Waals surface area contributed by atoms with Crippen molar-refractivity contribution in [2.75, 3.05) is 0 Å². The SMILES string of the molecule is N#Cc1ccc(F)c(-c2cccc(C=O)c2)c1. The zero-order chi connectivity index (χ0) is 12.3. The van der Waals surface area contributed by atoms with Gasteiger partial charge in [0.2, 0.25) is 0 Å². The number of benzene rings is 2. The number of rotatable bonds is 2. The molecule has 0 amide bonds. The fourth-order valence-corrected chi connectivity index (χ4v) is 1.60. The van der Waals surface area contributed by atoms with Gasteiger partial charge >= 0.3 is 0 Å². The van der Waals surface area contributed by atoms with Crippen LogP contribution in [0.15, 0.2) is 42.5 Å². The minimum absolute atomic E-state index is 0.327. The van der Waals surface area contributed by atoms with E-state index in [0.717, 1.165) is 0 Å². The lowest BCUT2D eigenvalue weighted by Gasteiger charge is -2.04. The van der Waals surface area contributed by atoms with Crippen molar-refractivity contribution in [1.82, 2.24) is 0 Å². The van der Waals surface area contributed by atoms with E-state index < -0.39 is 5.82 Å². The number of nitriles is 1. The van der Waals surface area contributed by atoms with Crippen molar-refractivity contribution in [1.29, 1.82) is 5.26 Å². The molecule has 3 heteroatoms. The molecule has 0 bridgehead atoms. The maximum atomic E-state index is 13.6. The minimum Gasteiger partial charge on any atom is -0.298 e. The lowest BCUT2D eigenvalue weighted by Crippen LogP contribution is -1.88. The molecule has 0 saturated carbocycles. The Bertz CT molecular complexity index is 614. The van der Waals surface area contributed by atoms with Gasteiger partial charge in [-0.3, -0.25) is 4.79 Å². The van der Waals surface area contributed by atoms with Crippen LogP contribution in [0.5, 0.6) is 0 Å². The molecular weight excluding hydrogens is 217 g/mol. The number of aldehydes is 1. The normalized spacial score (nSPS) is 9.65. The molecule has 0 heterocycles. The van der Waals surface area contributed by atoms with Crippen molar-refractivity contribution in [2.45, 2.75) is 0 Å². The van der Waals surface area contributed by atoms with Crippen molar-refractivity contribution < 1.29 is 9.18 Å². The van der Waals surface area contributed by atoms with Crippen LogP contribution in [0.4, 0.5) is 4.39 Å². The van der Waals surface area contributed by atoms with Crippen LogP contribution in [-0.4, -0.2) is 6.29 Å². The van der Waals surface area contributed by atoms with Crippen molar-refractivity contribution >= 4 is 6.29 Å². The molecule has 2 aromatic rings. The predicted octanol–water partition coefficient (Wildman–Crippen LogP) is 3.18. The predicted molar refractivity (Wildman–Crippen MR) is 61.9 cm³/mol. The average molecular weight is 225 g/mol. The number of carbonyl (C=O) groups excluding carboxylic acids is 1. The molecule has 2 nitrogen and oxygen atoms in total. The largest absolute Gasteiger partial charge is 0.298 e. The summed E-state index contributed by atoms with van der Waals surface area (Å²) in [6.45, 7) is 0. The fraction of sp³-hybridized carbons (Fsp3) is 0. The number of carbonyl (C=O) groups is 1. The zero-order valence-corrected chi connectivity index (χ0v) is 8.85. The fourth-order valence-electron chi connectivity index (χ4n) is 1.60. The Hall–Kier alpha value is -2.47. The molecule has 0 spiro atoms. The summed E-state index contributed by atoms with van der Waals surface area (Å²) in [5.74, 6) is -0.410. The van der Waals surface area contributed by atoms with E-state index in [4.69, 9.17) is 5.26 Å². The first-order chi connectivity index (χ1) is 8.24. The second-order valence-electron chi connectivity index (χ2n) is 3.55. The van der Waals surface area contributed by atoms with Crippen LogP contribution in [0.2, 0.25) is 0 Å². The van der Waals surface area contributed by atoms with Gasteiger partial charge in [0.05, 0.1) is 11.6 Å². The van der Waals surface area contributed by atoms with Crippen molar-refractivity contribution in [3.8, 4) is 17.2 Å². The average Bonchev–Trinajstić information content (AvgIpc) is 2.39. The van der Waals surface area contributed by atoms with Crippen LogP contribution in [0, 0.1) is 17.1 Å². The van der Waals surface area contributed by atoms with Gasteiger partial charge in [-0.15, -0.1) is 0 Å². The Balaban J connectivity index is 2.59. The van der Waals surface area contributed by atoms with E-state index in [9.17, 15) is 9.18 Å². The number of hydrogen-bond acceptors (Lipinski definition) is 2. The molecule has 0 unspecified atom stereocenters. The molecule has 0 aliphatic heterocycles. The highest BCUT2D eigenvalue weighted by atomic mass is 19.1. The molecule has 2 rings (SSSR count). The van der Waals surface area contributed by atoms with Crippen LogP contribution in [0.3, 0.4) is 0 Å². The Morgan fingerprint density at radius 3 is 2.71 bits per heavy atom. The molecular formula is C14H8FNO. The van der Waals surface area contributed by atoms with Crippen molar-refractivity contribution in [3.63, 3.8) is 0 Å².